The maximum absolute atomic E-state index is 9.60. The predicted octanol–water partition coefficient (Wildman–Crippen LogP) is 6.85. The first-order chi connectivity index (χ1) is 17.6. The van der Waals surface area contributed by atoms with Gasteiger partial charge in [-0.1, -0.05) is 36.6 Å². The zero-order chi connectivity index (χ0) is 24.9. The summed E-state index contributed by atoms with van der Waals surface area (Å²) >= 11 is 3.57. The van der Waals surface area contributed by atoms with Gasteiger partial charge in [0.1, 0.15) is 16.8 Å². The Morgan fingerprint density at radius 1 is 1.22 bits per heavy atom. The molecule has 1 fully saturated rings. The lowest BCUT2D eigenvalue weighted by atomic mass is 10.0. The zero-order valence-corrected chi connectivity index (χ0v) is 22.8. The molecule has 36 heavy (non-hydrogen) atoms. The lowest BCUT2D eigenvalue weighted by molar-refractivity contribution is 0.242. The molecule has 1 atom stereocenters. The van der Waals surface area contributed by atoms with E-state index in [9.17, 15) is 5.26 Å². The van der Waals surface area contributed by atoms with Crippen LogP contribution in [0.1, 0.15) is 62.3 Å². The topological polar surface area (TPSA) is 61.2 Å². The van der Waals surface area contributed by atoms with Gasteiger partial charge >= 0.3 is 0 Å². The third kappa shape index (κ3) is 5.78. The average Bonchev–Trinajstić information content (AvgIpc) is 3.55. The molecule has 1 N–H and O–H groups in total. The smallest absolute Gasteiger partial charge is 0.137 e. The summed E-state index contributed by atoms with van der Waals surface area (Å²) in [4.78, 5) is 8.51. The zero-order valence-electron chi connectivity index (χ0n) is 21.1. The number of ether oxygens (including phenoxy) is 1. The van der Waals surface area contributed by atoms with E-state index in [0.29, 0.717) is 17.4 Å². The Labute approximate surface area is 223 Å². The van der Waals surface area contributed by atoms with Crippen LogP contribution in [-0.2, 0) is 6.42 Å². The van der Waals surface area contributed by atoms with E-state index in [4.69, 9.17) is 9.72 Å². The molecule has 0 saturated carbocycles. The number of hydrogen-bond acceptors (Lipinski definition) is 7. The minimum atomic E-state index is 0.0287. The predicted molar refractivity (Wildman–Crippen MR) is 150 cm³/mol. The van der Waals surface area contributed by atoms with E-state index >= 15 is 0 Å². The lowest BCUT2D eigenvalue weighted by Gasteiger charge is -2.26. The van der Waals surface area contributed by atoms with Crippen molar-refractivity contribution in [1.82, 2.24) is 14.6 Å². The maximum atomic E-state index is 9.60. The van der Waals surface area contributed by atoms with Crippen LogP contribution in [0.25, 0.3) is 21.0 Å². The Bertz CT molecular complexity index is 1230. The molecule has 1 aliphatic heterocycles. The fourth-order valence-electron chi connectivity index (χ4n) is 5.16. The van der Waals surface area contributed by atoms with Crippen molar-refractivity contribution in [3.63, 3.8) is 0 Å². The number of rotatable bonds is 9. The van der Waals surface area contributed by atoms with Crippen molar-refractivity contribution in [2.75, 3.05) is 25.4 Å². The Kier molecular flexibility index (Phi) is 8.28. The van der Waals surface area contributed by atoms with Crippen molar-refractivity contribution in [3.05, 3.63) is 59.3 Å². The van der Waals surface area contributed by atoms with Crippen molar-refractivity contribution in [2.24, 2.45) is 0 Å². The Hall–Kier alpha value is -2.37. The third-order valence-electron chi connectivity index (χ3n) is 6.94. The molecule has 3 aromatic rings. The molecule has 0 radical (unpaired) electrons. The van der Waals surface area contributed by atoms with Crippen LogP contribution in [0.15, 0.2) is 42.6 Å². The van der Waals surface area contributed by atoms with E-state index < -0.39 is 0 Å². The van der Waals surface area contributed by atoms with Gasteiger partial charge < -0.3 is 9.64 Å². The van der Waals surface area contributed by atoms with Gasteiger partial charge in [0.25, 0.3) is 0 Å². The van der Waals surface area contributed by atoms with Gasteiger partial charge in [0.2, 0.25) is 0 Å². The highest BCUT2D eigenvalue weighted by molar-refractivity contribution is 7.97. The van der Waals surface area contributed by atoms with Gasteiger partial charge in [-0.3, -0.25) is 4.72 Å². The second-order valence-electron chi connectivity index (χ2n) is 9.85. The number of benzene rings is 2. The van der Waals surface area contributed by atoms with Crippen LogP contribution in [-0.4, -0.2) is 41.4 Å². The summed E-state index contributed by atoms with van der Waals surface area (Å²) in [7, 11) is 0. The first-order valence-corrected chi connectivity index (χ1v) is 14.8. The highest BCUT2D eigenvalue weighted by Crippen LogP contribution is 2.41. The Balaban J connectivity index is 1.27. The van der Waals surface area contributed by atoms with E-state index in [0.717, 1.165) is 29.2 Å². The molecular weight excluding hydrogens is 484 g/mol. The second kappa shape index (κ2) is 11.8. The summed E-state index contributed by atoms with van der Waals surface area (Å²) in [6.45, 7) is 7.64. The summed E-state index contributed by atoms with van der Waals surface area (Å²) in [5.74, 6) is 1.76. The maximum Gasteiger partial charge on any atom is 0.137 e. The van der Waals surface area contributed by atoms with Gasteiger partial charge in [0, 0.05) is 30.1 Å². The fourth-order valence-corrected chi connectivity index (χ4v) is 7.04. The molecule has 0 spiro atoms. The van der Waals surface area contributed by atoms with E-state index in [2.05, 4.69) is 33.9 Å². The quantitative estimate of drug-likeness (QED) is 0.247. The van der Waals surface area contributed by atoms with Gasteiger partial charge in [0.15, 0.2) is 0 Å². The number of nitrogens with zero attached hydrogens (tertiary/aromatic N) is 3. The molecule has 1 aromatic heterocycles. The Morgan fingerprint density at radius 3 is 2.89 bits per heavy atom. The van der Waals surface area contributed by atoms with Gasteiger partial charge in [-0.15, -0.1) is 11.3 Å². The number of piperidine rings is 1. The highest BCUT2D eigenvalue weighted by atomic mass is 32.2. The first-order valence-electron chi connectivity index (χ1n) is 13.0. The van der Waals surface area contributed by atoms with Crippen molar-refractivity contribution in [3.8, 4) is 32.8 Å². The monoisotopic (exact) mass is 518 g/mol. The molecule has 2 heterocycles. The van der Waals surface area contributed by atoms with Crippen molar-refractivity contribution >= 4 is 23.3 Å². The minimum Gasteiger partial charge on any atom is -0.490 e. The summed E-state index contributed by atoms with van der Waals surface area (Å²) in [5.41, 5.74) is 5.66. The molecule has 1 unspecified atom stereocenters. The fraction of sp³-hybridized carbons (Fsp3) is 0.448. The second-order valence-corrected chi connectivity index (χ2v) is 11.8. The molecule has 1 aliphatic carbocycles. The number of hydrogen-bond donors (Lipinski definition) is 1. The lowest BCUT2D eigenvalue weighted by Crippen LogP contribution is -2.32. The largest absolute Gasteiger partial charge is 0.490 e. The summed E-state index contributed by atoms with van der Waals surface area (Å²) < 4.78 is 9.53. The molecule has 2 aromatic carbocycles. The average molecular weight is 519 g/mol. The number of aromatic nitrogens is 1. The van der Waals surface area contributed by atoms with E-state index in [1.807, 2.05) is 50.2 Å². The molecular formula is C29H34N4OS2. The summed E-state index contributed by atoms with van der Waals surface area (Å²) in [6.07, 6.45) is 8.33. The van der Waals surface area contributed by atoms with Crippen LogP contribution in [0.2, 0.25) is 0 Å². The molecule has 0 amide bonds. The molecule has 1 saturated heterocycles. The normalized spacial score (nSPS) is 17.8. The number of nitrogens with one attached hydrogen (secondary N) is 1. The van der Waals surface area contributed by atoms with Crippen LogP contribution < -0.4 is 9.46 Å². The van der Waals surface area contributed by atoms with E-state index in [1.54, 1.807) is 11.3 Å². The number of likely N-dealkylation sites (tertiary alicyclic amines) is 1. The summed E-state index contributed by atoms with van der Waals surface area (Å²) in [5, 5.41) is 10.5. The van der Waals surface area contributed by atoms with E-state index in [-0.39, 0.29) is 6.10 Å². The summed E-state index contributed by atoms with van der Waals surface area (Å²) in [6, 6.07) is 15.1. The van der Waals surface area contributed by atoms with Crippen molar-refractivity contribution in [1.29, 1.82) is 5.26 Å². The van der Waals surface area contributed by atoms with Crippen LogP contribution >= 0.6 is 23.3 Å². The minimum absolute atomic E-state index is 0.0287. The van der Waals surface area contributed by atoms with Crippen LogP contribution in [0.4, 0.5) is 0 Å². The molecule has 0 bridgehead atoms. The SMILES string of the molecule is CC(C)Oc1ccc(-c2ncc(-c3cccc4c3CCC4NSCCN3CCCCC3)s2)cc1C#N. The molecule has 188 valence electrons. The van der Waals surface area contributed by atoms with Gasteiger partial charge in [-0.2, -0.15) is 5.26 Å². The van der Waals surface area contributed by atoms with Gasteiger partial charge in [-0.25, -0.2) is 4.98 Å². The number of fused-ring (bicyclic) bond motifs is 1. The van der Waals surface area contributed by atoms with Crippen molar-refractivity contribution < 1.29 is 4.74 Å². The molecule has 5 nitrogen and oxygen atoms in total. The van der Waals surface area contributed by atoms with Gasteiger partial charge in [-0.05, 0) is 87.5 Å². The van der Waals surface area contributed by atoms with E-state index in [1.165, 1.54) is 60.5 Å². The van der Waals surface area contributed by atoms with Gasteiger partial charge in [0.05, 0.1) is 16.5 Å². The number of nitriles is 1. The standard InChI is InChI=1S/C29H34N4OS2/c1-20(2)34-27-12-9-21(17-22(27)18-30)29-31-19-28(36-29)25-8-6-7-24-23(25)10-11-26(24)32-35-16-15-33-13-4-3-5-14-33/h6-9,12,17,19-20,26,32H,3-5,10-11,13-16H2,1-2H3. The first kappa shape index (κ1) is 25.3. The van der Waals surface area contributed by atoms with Crippen LogP contribution in [0.3, 0.4) is 0 Å². The third-order valence-corrected chi connectivity index (χ3v) is 8.85. The molecule has 5 rings (SSSR count). The van der Waals surface area contributed by atoms with Crippen molar-refractivity contribution in [2.45, 2.75) is 58.1 Å². The molecule has 7 heteroatoms. The van der Waals surface area contributed by atoms with Crippen LogP contribution in [0.5, 0.6) is 5.75 Å². The highest BCUT2D eigenvalue weighted by Gasteiger charge is 2.25. The van der Waals surface area contributed by atoms with Crippen LogP contribution in [0, 0.1) is 11.3 Å². The Morgan fingerprint density at radius 2 is 2.08 bits per heavy atom. The molecule has 2 aliphatic rings. The number of thiazole rings is 1.